The quantitative estimate of drug-likeness (QED) is 0.0689. The maximum absolute atomic E-state index is 12.2. The number of para-hydroxylation sites is 2. The van der Waals surface area contributed by atoms with Crippen molar-refractivity contribution < 1.29 is 47.9 Å². The third-order valence-corrected chi connectivity index (χ3v) is 29.1. The molecule has 10 aliphatic rings. The molecular weight excluding hydrogens is 1940 g/mol. The molecule has 0 radical (unpaired) electrons. The Labute approximate surface area is 834 Å². The number of amides is 15. The predicted molar refractivity (Wildman–Crippen MR) is 539 cm³/mol. The van der Waals surface area contributed by atoms with Crippen LogP contribution in [0.15, 0.2) is 188 Å². The summed E-state index contributed by atoms with van der Waals surface area (Å²) in [4.78, 5) is 165. The molecule has 1 aliphatic carbocycles. The highest BCUT2D eigenvalue weighted by molar-refractivity contribution is 9.10. The molecule has 0 bridgehead atoms. The zero-order valence-corrected chi connectivity index (χ0v) is 80.1. The molecule has 15 aromatic heterocycles. The third kappa shape index (κ3) is 16.4. The number of urea groups is 5. The molecule has 17 aromatic rings. The van der Waals surface area contributed by atoms with E-state index in [9.17, 15) is 47.9 Å². The van der Waals surface area contributed by atoms with Crippen LogP contribution in [0.3, 0.4) is 0 Å². The molecule has 24 heterocycles. The number of carbonyl (C=O) groups is 10. The molecule has 5 atom stereocenters. The van der Waals surface area contributed by atoms with Gasteiger partial charge >= 0.3 is 30.2 Å². The van der Waals surface area contributed by atoms with E-state index in [1.807, 2.05) is 166 Å². The van der Waals surface area contributed by atoms with Crippen LogP contribution >= 0.6 is 15.9 Å². The second kappa shape index (κ2) is 36.0. The van der Waals surface area contributed by atoms with Gasteiger partial charge in [0, 0.05) is 239 Å². The first kappa shape index (κ1) is 91.4. The molecule has 1 spiro atoms. The Kier molecular flexibility index (Phi) is 22.5. The van der Waals surface area contributed by atoms with E-state index in [0.717, 1.165) is 102 Å². The minimum atomic E-state index is -0.784. The Hall–Kier alpha value is -18.4. The smallest absolute Gasteiger partial charge is 0.324 e. The normalized spacial score (nSPS) is 20.6. The molecule has 15 amide bonds. The Morgan fingerprint density at radius 1 is 0.390 bits per heavy atom. The number of fused-ring (bicyclic) bond motifs is 11. The number of carbonyl (C=O) groups excluding carboxylic acids is 10. The molecule has 10 fully saturated rings. The van der Waals surface area contributed by atoms with E-state index < -0.39 is 29.7 Å². The number of nitrogens with zero attached hydrogens (tertiary/aromatic N) is 27. The number of nitrogens with one attached hydrogen (secondary N) is 7. The van der Waals surface area contributed by atoms with Gasteiger partial charge in [0.1, 0.15) is 86.5 Å². The lowest BCUT2D eigenvalue weighted by molar-refractivity contribution is -0.125. The number of nitrogen functional groups attached to an aromatic ring is 5. The molecule has 50 heteroatoms. The number of hydrogen-bond donors (Lipinski definition) is 12. The van der Waals surface area contributed by atoms with Gasteiger partial charge in [-0.15, -0.1) is 0 Å². The Bertz CT molecular complexity index is 8140. The molecule has 9 aliphatic heterocycles. The van der Waals surface area contributed by atoms with Crippen LogP contribution in [0.2, 0.25) is 0 Å². The molecule has 27 rings (SSSR count). The lowest BCUT2D eigenvalue weighted by Crippen LogP contribution is -2.53. The van der Waals surface area contributed by atoms with Crippen LogP contribution in [0.4, 0.5) is 76.3 Å². The van der Waals surface area contributed by atoms with Gasteiger partial charge in [0.25, 0.3) is 29.5 Å². The van der Waals surface area contributed by atoms with Gasteiger partial charge in [-0.3, -0.25) is 60.5 Å². The predicted octanol–water partition coefficient (Wildman–Crippen LogP) is 5.72. The number of nitrogens with two attached hydrogens (primary N) is 5. The van der Waals surface area contributed by atoms with Crippen molar-refractivity contribution in [2.45, 2.75) is 80.2 Å². The molecule has 9 saturated heterocycles. The van der Waals surface area contributed by atoms with E-state index in [4.69, 9.17) is 53.6 Å². The fourth-order valence-corrected chi connectivity index (χ4v) is 21.1. The van der Waals surface area contributed by atoms with Gasteiger partial charge in [0.2, 0.25) is 0 Å². The average molecular weight is 2030 g/mol. The summed E-state index contributed by atoms with van der Waals surface area (Å²) in [6, 6.07) is 29.5. The first-order valence-corrected chi connectivity index (χ1v) is 47.9. The zero-order chi connectivity index (χ0) is 101. The monoisotopic (exact) mass is 2030 g/mol. The van der Waals surface area contributed by atoms with Crippen LogP contribution in [-0.2, 0) is 45.1 Å². The minimum Gasteiger partial charge on any atom is -0.384 e. The number of rotatable bonds is 11. The van der Waals surface area contributed by atoms with Crippen molar-refractivity contribution in [1.82, 2.24) is 148 Å². The van der Waals surface area contributed by atoms with Crippen molar-refractivity contribution in [3.05, 3.63) is 194 Å². The second-order valence-electron chi connectivity index (χ2n) is 37.4. The Balaban J connectivity index is 0.000000101. The van der Waals surface area contributed by atoms with E-state index in [0.29, 0.717) is 170 Å². The third-order valence-electron chi connectivity index (χ3n) is 28.3. The van der Waals surface area contributed by atoms with E-state index >= 15 is 0 Å². The van der Waals surface area contributed by atoms with Gasteiger partial charge in [-0.2, -0.15) is 48.1 Å². The molecule has 1 saturated carbocycles. The number of piperidine rings is 1. The van der Waals surface area contributed by atoms with Gasteiger partial charge in [0.05, 0.1) is 47.7 Å². The number of pyridine rings is 2. The number of benzene rings is 2. The van der Waals surface area contributed by atoms with Crippen molar-refractivity contribution in [3.63, 3.8) is 0 Å². The minimum absolute atomic E-state index is 0.0312. The van der Waals surface area contributed by atoms with E-state index in [-0.39, 0.29) is 71.7 Å². The van der Waals surface area contributed by atoms with Crippen LogP contribution in [-0.4, -0.2) is 277 Å². The molecule has 49 nitrogen and oxygen atoms in total. The van der Waals surface area contributed by atoms with Gasteiger partial charge in [0.15, 0.2) is 28.2 Å². The largest absolute Gasteiger partial charge is 0.384 e. The highest BCUT2D eigenvalue weighted by Gasteiger charge is 2.50. The van der Waals surface area contributed by atoms with E-state index in [2.05, 4.69) is 101 Å². The van der Waals surface area contributed by atoms with E-state index in [1.165, 1.54) is 0 Å². The Morgan fingerprint density at radius 3 is 1.25 bits per heavy atom. The van der Waals surface area contributed by atoms with Crippen LogP contribution in [0, 0.1) is 0 Å². The lowest BCUT2D eigenvalue weighted by Gasteiger charge is -2.36. The summed E-state index contributed by atoms with van der Waals surface area (Å²) >= 11 is 3.53. The summed E-state index contributed by atoms with van der Waals surface area (Å²) < 4.78 is 14.5. The summed E-state index contributed by atoms with van der Waals surface area (Å²) in [7, 11) is 5.87. The van der Waals surface area contributed by atoms with Crippen molar-refractivity contribution in [1.29, 1.82) is 0 Å². The molecule has 740 valence electrons. The molecule has 146 heavy (non-hydrogen) atoms. The standard InChI is InChI=1S/C23H22N8O2.C21H18N8O2.C18H19N7O2.C17H17BrN8O2.C17H18N8O2/c24-18-10-19(27-15-5-7-23(8-6-15)21(32)29-22(33)30-23)28-20-16(12-26-31(18)20)14-9-13-3-1-2-4-17(13)25-11-14;22-17-8-18(27-5-6-28-16(11-27)20(30)26-21(28)31)25-19-14(10-24-29(17)19)13-7-12-3-1-2-4-15(12)23-9-13;1-23-5-4-10(8-23)12-7-20-25-15(19)6-13(21-16(12)25)11-2-3-14-17(26)22-18(27)24(14)9-11;1-23-3-2-9(7-23)10-6-20-26-13(19)12(18)15(21-14(10)26)24-4-5-25-11(8-24)16(27)22-17(25)28;1-22-3-2-10(8-22)11-7-19-25-13(18)6-14(20-15(11)25)23-4-5-24-12(9-23)16(26)21-17(24)27/h1-4,9-12,15H,5-8,24H2,(H,27,28)(H2,29,30,32,33);1-4,7-10,16H,5-6,11,22H2,(H,26,30,31);4-8,11,14H,2-3,9,19H2,1H3,(H,22,26,27);2-3,6-7,11H,4-5,8,19H2,1H3,(H,22,27,28);2-3,6-8,12H,4-5,9,18H2,1H3,(H,21,26,27). The average Bonchev–Trinajstić information content (AvgIpc) is 1.57. The summed E-state index contributed by atoms with van der Waals surface area (Å²) in [6.07, 6.45) is 28.2. The summed E-state index contributed by atoms with van der Waals surface area (Å²) in [6.45, 7) is 4.58. The summed E-state index contributed by atoms with van der Waals surface area (Å²) in [5.74, 6) is 3.66. The number of halogens is 1. The first-order chi connectivity index (χ1) is 70.5. The summed E-state index contributed by atoms with van der Waals surface area (Å²) in [5, 5.41) is 42.0. The SMILES string of the molecule is Cn1ccc(-c2cnn3c(N)c(Br)c(N4CCN5C(=O)NC(=O)C5C4)nc23)c1.Cn1ccc(-c2cnn3c(N)cc(C4CCC5C(=O)NC(=O)N5C4)nc23)c1.Cn1ccc(-c2cnn3c(N)cc(N4CCN5C(=O)NC(=O)C5C4)nc23)c1.Nc1cc(N2CCN3C(=O)NC(=O)C3C2)nc2c(-c3cnc4ccccc4c3)cnn12.Nc1cc(NC2CCC3(CC2)NC(=O)NC3=O)nc2c(-c3cnc4ccccc4c3)cnn12. The second-order valence-corrected chi connectivity index (χ2v) is 38.2. The molecule has 17 N–H and O–H groups in total. The van der Waals surface area contributed by atoms with Crippen molar-refractivity contribution in [2.24, 2.45) is 21.1 Å². The highest BCUT2D eigenvalue weighted by Crippen LogP contribution is 2.41. The highest BCUT2D eigenvalue weighted by atomic mass is 79.9. The number of piperazine rings is 3. The first-order valence-electron chi connectivity index (χ1n) is 47.1. The van der Waals surface area contributed by atoms with Crippen LogP contribution in [0.5, 0.6) is 0 Å². The number of aromatic nitrogens is 20. The fourth-order valence-electron chi connectivity index (χ4n) is 20.6. The topological polar surface area (TPSA) is 599 Å². The number of anilines is 9. The van der Waals surface area contributed by atoms with Gasteiger partial charge in [-0.05, 0) is 96.9 Å². The van der Waals surface area contributed by atoms with Gasteiger partial charge in [-0.1, -0.05) is 36.4 Å². The van der Waals surface area contributed by atoms with Crippen molar-refractivity contribution >= 4 is 178 Å². The maximum atomic E-state index is 12.2. The lowest BCUT2D eigenvalue weighted by atomic mass is 9.79. The number of aryl methyl sites for hydroxylation is 3. The van der Waals surface area contributed by atoms with Crippen molar-refractivity contribution in [2.75, 3.05) is 114 Å². The van der Waals surface area contributed by atoms with Crippen molar-refractivity contribution in [3.8, 4) is 55.6 Å². The van der Waals surface area contributed by atoms with Crippen LogP contribution in [0.1, 0.15) is 50.1 Å². The summed E-state index contributed by atoms with van der Waals surface area (Å²) in [5.41, 5.74) is 45.6. The van der Waals surface area contributed by atoms with Crippen LogP contribution < -0.4 is 80.6 Å². The molecule has 2 aromatic carbocycles. The van der Waals surface area contributed by atoms with E-state index in [1.54, 1.807) is 97.6 Å². The maximum Gasteiger partial charge on any atom is 0.324 e. The molecular formula is C96H94BrN39O10. The van der Waals surface area contributed by atoms with Gasteiger partial charge < -0.3 is 87.3 Å². The fraction of sp³-hybridized carbons (Fsp3) is 0.271. The molecule has 5 unspecified atom stereocenters. The number of imide groups is 5. The van der Waals surface area contributed by atoms with Crippen LogP contribution in [0.25, 0.3) is 106 Å². The number of hydrogen-bond acceptors (Lipinski definition) is 31. The van der Waals surface area contributed by atoms with Gasteiger partial charge in [-0.25, -0.2) is 48.9 Å². The Morgan fingerprint density at radius 2 is 0.795 bits per heavy atom. The zero-order valence-electron chi connectivity index (χ0n) is 78.5.